The van der Waals surface area contributed by atoms with Crippen molar-refractivity contribution in [3.05, 3.63) is 69.7 Å². The highest BCUT2D eigenvalue weighted by atomic mass is 79.9. The zero-order chi connectivity index (χ0) is 18.6. The number of halogens is 3. The lowest BCUT2D eigenvalue weighted by Gasteiger charge is -2.18. The number of carbonyl (C=O) groups is 1. The van der Waals surface area contributed by atoms with Crippen LogP contribution < -0.4 is 5.43 Å². The van der Waals surface area contributed by atoms with E-state index >= 15 is 0 Å². The third kappa shape index (κ3) is 5.63. The second-order valence-electron chi connectivity index (χ2n) is 6.21. The van der Waals surface area contributed by atoms with Crippen LogP contribution in [0.25, 0.3) is 0 Å². The van der Waals surface area contributed by atoms with Crippen molar-refractivity contribution in [2.75, 3.05) is 0 Å². The van der Waals surface area contributed by atoms with Crippen LogP contribution in [0.5, 0.6) is 0 Å². The van der Waals surface area contributed by atoms with Crippen LogP contribution in [-0.4, -0.2) is 17.4 Å². The number of hydrazone groups is 1. The number of nitrogens with zero attached hydrogens (tertiary/aromatic N) is 1. The molecule has 0 heterocycles. The third-order valence-electron chi connectivity index (χ3n) is 2.96. The molecule has 0 saturated heterocycles. The Morgan fingerprint density at radius 1 is 1.12 bits per heavy atom. The largest absolute Gasteiger partial charge is 0.443 e. The Hall–Kier alpha value is -2.28. The van der Waals surface area contributed by atoms with Gasteiger partial charge in [0, 0.05) is 15.6 Å². The molecule has 0 aliphatic carbocycles. The van der Waals surface area contributed by atoms with Crippen LogP contribution in [0.3, 0.4) is 0 Å². The summed E-state index contributed by atoms with van der Waals surface area (Å²) in [5, 5.41) is 3.98. The molecule has 0 unspecified atom stereocenters. The first-order valence-corrected chi connectivity index (χ1v) is 8.23. The Bertz CT molecular complexity index is 800. The van der Waals surface area contributed by atoms with Crippen LogP contribution in [0.15, 0.2) is 52.0 Å². The molecule has 0 bridgehead atoms. The van der Waals surface area contributed by atoms with Gasteiger partial charge in [0.2, 0.25) is 0 Å². The zero-order valence-corrected chi connectivity index (χ0v) is 15.5. The van der Waals surface area contributed by atoms with Crippen molar-refractivity contribution in [3.63, 3.8) is 0 Å². The van der Waals surface area contributed by atoms with Gasteiger partial charge in [0.15, 0.2) is 0 Å². The van der Waals surface area contributed by atoms with Crippen molar-refractivity contribution in [2.24, 2.45) is 5.10 Å². The van der Waals surface area contributed by atoms with E-state index in [-0.39, 0.29) is 11.3 Å². The van der Waals surface area contributed by atoms with E-state index in [9.17, 15) is 13.6 Å². The highest BCUT2D eigenvalue weighted by Gasteiger charge is 2.17. The van der Waals surface area contributed by atoms with E-state index in [2.05, 4.69) is 26.5 Å². The van der Waals surface area contributed by atoms with Gasteiger partial charge in [-0.15, -0.1) is 0 Å². The number of rotatable bonds is 3. The van der Waals surface area contributed by atoms with Gasteiger partial charge in [-0.3, -0.25) is 0 Å². The number of carbonyl (C=O) groups excluding carboxylic acids is 1. The van der Waals surface area contributed by atoms with E-state index in [4.69, 9.17) is 4.74 Å². The van der Waals surface area contributed by atoms with Crippen LogP contribution in [0.1, 0.15) is 31.9 Å². The zero-order valence-electron chi connectivity index (χ0n) is 13.9. The van der Waals surface area contributed by atoms with E-state index < -0.39 is 23.3 Å². The third-order valence-corrected chi connectivity index (χ3v) is 3.46. The summed E-state index contributed by atoms with van der Waals surface area (Å²) in [6.07, 6.45) is -0.773. The number of hydrogen-bond donors (Lipinski definition) is 1. The van der Waals surface area contributed by atoms with Crippen molar-refractivity contribution in [2.45, 2.75) is 26.4 Å². The van der Waals surface area contributed by atoms with Crippen LogP contribution >= 0.6 is 15.9 Å². The average Bonchev–Trinajstić information content (AvgIpc) is 2.49. The van der Waals surface area contributed by atoms with E-state index in [1.165, 1.54) is 36.4 Å². The first kappa shape index (κ1) is 19.1. The summed E-state index contributed by atoms with van der Waals surface area (Å²) in [5.41, 5.74) is 2.30. The Morgan fingerprint density at radius 2 is 1.76 bits per heavy atom. The minimum absolute atomic E-state index is 0.149. The summed E-state index contributed by atoms with van der Waals surface area (Å²) in [6, 6.07) is 9.80. The van der Waals surface area contributed by atoms with Crippen molar-refractivity contribution >= 4 is 27.7 Å². The first-order valence-electron chi connectivity index (χ1n) is 7.44. The minimum atomic E-state index is -0.773. The van der Waals surface area contributed by atoms with Gasteiger partial charge in [0.1, 0.15) is 22.9 Å². The maximum absolute atomic E-state index is 14.3. The van der Waals surface area contributed by atoms with Crippen LogP contribution in [0, 0.1) is 11.6 Å². The van der Waals surface area contributed by atoms with Gasteiger partial charge in [-0.1, -0.05) is 15.9 Å². The summed E-state index contributed by atoms with van der Waals surface area (Å²) in [6.45, 7) is 5.14. The normalized spacial score (nSPS) is 12.0. The second kappa shape index (κ2) is 7.74. The minimum Gasteiger partial charge on any atom is -0.443 e. The molecule has 0 radical (unpaired) electrons. The maximum Gasteiger partial charge on any atom is 0.428 e. The number of amides is 1. The molecule has 0 aliphatic rings. The predicted octanol–water partition coefficient (Wildman–Crippen LogP) is 5.00. The van der Waals surface area contributed by atoms with Gasteiger partial charge in [-0.05, 0) is 63.2 Å². The molecular weight excluding hydrogens is 394 g/mol. The lowest BCUT2D eigenvalue weighted by Crippen LogP contribution is -2.30. The van der Waals surface area contributed by atoms with Crippen molar-refractivity contribution in [1.82, 2.24) is 5.43 Å². The van der Waals surface area contributed by atoms with Gasteiger partial charge in [0.05, 0.1) is 0 Å². The summed E-state index contributed by atoms with van der Waals surface area (Å²) < 4.78 is 33.2. The van der Waals surface area contributed by atoms with E-state index in [0.717, 1.165) is 0 Å². The quantitative estimate of drug-likeness (QED) is 0.571. The maximum atomic E-state index is 14.3. The molecule has 1 amide bonds. The Labute approximate surface area is 153 Å². The first-order chi connectivity index (χ1) is 11.7. The van der Waals surface area contributed by atoms with Gasteiger partial charge in [0.25, 0.3) is 0 Å². The molecule has 0 fully saturated rings. The van der Waals surface area contributed by atoms with Crippen LogP contribution in [-0.2, 0) is 4.74 Å². The number of hydrogen-bond acceptors (Lipinski definition) is 3. The average molecular weight is 411 g/mol. The monoisotopic (exact) mass is 410 g/mol. The van der Waals surface area contributed by atoms with E-state index in [0.29, 0.717) is 10.0 Å². The molecule has 0 spiro atoms. The van der Waals surface area contributed by atoms with Gasteiger partial charge in [-0.2, -0.15) is 5.10 Å². The molecular formula is C18H17BrF2N2O2. The summed E-state index contributed by atoms with van der Waals surface area (Å²) in [4.78, 5) is 11.8. The molecule has 0 aliphatic heterocycles. The lowest BCUT2D eigenvalue weighted by molar-refractivity contribution is 0.0529. The number of nitrogens with one attached hydrogen (secondary N) is 1. The Balaban J connectivity index is 2.40. The molecule has 2 aromatic rings. The van der Waals surface area contributed by atoms with Gasteiger partial charge < -0.3 is 4.74 Å². The number of ether oxygens (including phenoxy) is 1. The predicted molar refractivity (Wildman–Crippen MR) is 95.5 cm³/mol. The molecule has 132 valence electrons. The Kier molecular flexibility index (Phi) is 5.89. The number of benzene rings is 2. The molecule has 0 atom stereocenters. The highest BCUT2D eigenvalue weighted by molar-refractivity contribution is 9.10. The molecule has 1 N–H and O–H groups in total. The van der Waals surface area contributed by atoms with Crippen LogP contribution in [0.2, 0.25) is 0 Å². The fourth-order valence-corrected chi connectivity index (χ4v) is 2.31. The molecule has 0 saturated carbocycles. The smallest absolute Gasteiger partial charge is 0.428 e. The highest BCUT2D eigenvalue weighted by Crippen LogP contribution is 2.19. The fraction of sp³-hybridized carbons (Fsp3) is 0.222. The summed E-state index contributed by atoms with van der Waals surface area (Å²) in [7, 11) is 0. The van der Waals surface area contributed by atoms with Gasteiger partial charge in [-0.25, -0.2) is 19.0 Å². The summed E-state index contributed by atoms with van der Waals surface area (Å²) >= 11 is 3.19. The molecule has 2 rings (SSSR count). The van der Waals surface area contributed by atoms with Crippen LogP contribution in [0.4, 0.5) is 13.6 Å². The molecule has 7 heteroatoms. The second-order valence-corrected chi connectivity index (χ2v) is 7.12. The molecule has 4 nitrogen and oxygen atoms in total. The van der Waals surface area contributed by atoms with Crippen molar-refractivity contribution < 1.29 is 18.3 Å². The standard InChI is InChI=1S/C18H17BrF2N2O2/c1-18(2,3)25-17(24)23-22-16(11-4-7-13(20)8-5-11)14-9-6-12(19)10-15(14)21/h4-10H,1-3H3,(H,23,24)/b22-16+. The molecule has 25 heavy (non-hydrogen) atoms. The Morgan fingerprint density at radius 3 is 2.32 bits per heavy atom. The van der Waals surface area contributed by atoms with Gasteiger partial charge >= 0.3 is 6.09 Å². The summed E-state index contributed by atoms with van der Waals surface area (Å²) in [5.74, 6) is -0.970. The topological polar surface area (TPSA) is 50.7 Å². The van der Waals surface area contributed by atoms with Crippen molar-refractivity contribution in [3.8, 4) is 0 Å². The molecule has 0 aromatic heterocycles. The van der Waals surface area contributed by atoms with E-state index in [1.807, 2.05) is 0 Å². The van der Waals surface area contributed by atoms with Crippen molar-refractivity contribution in [1.29, 1.82) is 0 Å². The lowest BCUT2D eigenvalue weighted by atomic mass is 10.0. The SMILES string of the molecule is CC(C)(C)OC(=O)N/N=C(\c1ccc(F)cc1)c1ccc(Br)cc1F. The fourth-order valence-electron chi connectivity index (χ4n) is 1.97. The van der Waals surface area contributed by atoms with E-state index in [1.54, 1.807) is 26.8 Å². The molecule has 2 aromatic carbocycles.